The summed E-state index contributed by atoms with van der Waals surface area (Å²) in [6, 6.07) is 10.1. The van der Waals surface area contributed by atoms with Gasteiger partial charge in [-0.15, -0.1) is 0 Å². The number of ether oxygens (including phenoxy) is 1. The first-order valence-corrected chi connectivity index (χ1v) is 7.75. The summed E-state index contributed by atoms with van der Waals surface area (Å²) < 4.78 is 4.95. The number of carbonyl (C=O) groups is 1. The third-order valence-corrected chi connectivity index (χ3v) is 4.57. The molecule has 1 aromatic carbocycles. The van der Waals surface area contributed by atoms with Gasteiger partial charge in [0.15, 0.2) is 0 Å². The molecule has 116 valence electrons. The van der Waals surface area contributed by atoms with Gasteiger partial charge in [0.25, 0.3) is 0 Å². The van der Waals surface area contributed by atoms with E-state index in [1.54, 1.807) is 0 Å². The molecule has 1 saturated heterocycles. The van der Waals surface area contributed by atoms with Crippen molar-refractivity contribution in [1.82, 2.24) is 4.90 Å². The second kappa shape index (κ2) is 7.05. The maximum Gasteiger partial charge on any atom is 0.330 e. The van der Waals surface area contributed by atoms with Crippen LogP contribution in [-0.4, -0.2) is 37.1 Å². The number of hydrogen-bond acceptors (Lipinski definition) is 4. The molecule has 1 aromatic rings. The summed E-state index contributed by atoms with van der Waals surface area (Å²) in [6.07, 6.45) is 4.32. The molecule has 2 rings (SSSR count). The maximum atomic E-state index is 12.2. The van der Waals surface area contributed by atoms with Gasteiger partial charge in [-0.1, -0.05) is 36.8 Å². The molecule has 2 N–H and O–H groups in total. The Morgan fingerprint density at radius 1 is 1.38 bits per heavy atom. The van der Waals surface area contributed by atoms with E-state index in [0.717, 1.165) is 18.7 Å². The van der Waals surface area contributed by atoms with Crippen molar-refractivity contribution in [2.75, 3.05) is 20.2 Å². The monoisotopic (exact) mass is 290 g/mol. The van der Waals surface area contributed by atoms with E-state index in [-0.39, 0.29) is 5.97 Å². The van der Waals surface area contributed by atoms with Gasteiger partial charge < -0.3 is 15.4 Å². The van der Waals surface area contributed by atoms with Crippen molar-refractivity contribution in [1.29, 1.82) is 0 Å². The van der Waals surface area contributed by atoms with E-state index in [0.29, 0.717) is 12.5 Å². The number of benzene rings is 1. The first-order chi connectivity index (χ1) is 10.1. The van der Waals surface area contributed by atoms with Crippen molar-refractivity contribution in [2.45, 2.75) is 44.2 Å². The van der Waals surface area contributed by atoms with Crippen molar-refractivity contribution in [3.8, 4) is 0 Å². The molecule has 0 spiro atoms. The largest absolute Gasteiger partial charge is 0.467 e. The van der Waals surface area contributed by atoms with E-state index in [2.05, 4.69) is 11.8 Å². The summed E-state index contributed by atoms with van der Waals surface area (Å²) in [5, 5.41) is 0. The van der Waals surface area contributed by atoms with E-state index in [1.165, 1.54) is 26.4 Å². The minimum Gasteiger partial charge on any atom is -0.467 e. The minimum absolute atomic E-state index is 0.363. The Hall–Kier alpha value is -1.39. The van der Waals surface area contributed by atoms with Gasteiger partial charge in [0.05, 0.1) is 7.11 Å². The Labute approximate surface area is 127 Å². The van der Waals surface area contributed by atoms with Crippen LogP contribution in [0.1, 0.15) is 38.2 Å². The number of nitrogens with two attached hydrogens (primary N) is 1. The Kier molecular flexibility index (Phi) is 5.37. The molecule has 1 aliphatic rings. The lowest BCUT2D eigenvalue weighted by Gasteiger charge is -2.36. The molecule has 1 heterocycles. The molecular formula is C17H26N2O2. The fourth-order valence-electron chi connectivity index (χ4n) is 3.09. The van der Waals surface area contributed by atoms with Crippen molar-refractivity contribution < 1.29 is 9.53 Å². The zero-order valence-corrected chi connectivity index (χ0v) is 13.0. The van der Waals surface area contributed by atoms with Crippen LogP contribution in [0.25, 0.3) is 0 Å². The molecule has 0 aliphatic carbocycles. The maximum absolute atomic E-state index is 12.2. The lowest BCUT2D eigenvalue weighted by atomic mass is 9.87. The third-order valence-electron chi connectivity index (χ3n) is 4.57. The molecule has 0 bridgehead atoms. The number of piperidine rings is 1. The minimum atomic E-state index is -1.06. The number of rotatable bonds is 5. The summed E-state index contributed by atoms with van der Waals surface area (Å²) in [5.41, 5.74) is 6.19. The van der Waals surface area contributed by atoms with E-state index in [4.69, 9.17) is 10.5 Å². The molecule has 4 heteroatoms. The Bertz CT molecular complexity index is 463. The van der Waals surface area contributed by atoms with Crippen LogP contribution in [0.3, 0.4) is 0 Å². The zero-order valence-electron chi connectivity index (χ0n) is 13.0. The molecule has 1 fully saturated rings. The highest BCUT2D eigenvalue weighted by molar-refractivity contribution is 5.82. The van der Waals surface area contributed by atoms with Gasteiger partial charge in [0.1, 0.15) is 5.54 Å². The lowest BCUT2D eigenvalue weighted by Crippen LogP contribution is -2.49. The van der Waals surface area contributed by atoms with Gasteiger partial charge >= 0.3 is 5.97 Å². The number of hydrogen-bond donors (Lipinski definition) is 1. The van der Waals surface area contributed by atoms with Crippen molar-refractivity contribution in [2.24, 2.45) is 5.73 Å². The van der Waals surface area contributed by atoms with Crippen LogP contribution in [-0.2, 0) is 15.1 Å². The molecular weight excluding hydrogens is 264 g/mol. The van der Waals surface area contributed by atoms with Gasteiger partial charge in [0.2, 0.25) is 0 Å². The van der Waals surface area contributed by atoms with Crippen molar-refractivity contribution in [3.05, 3.63) is 35.9 Å². The standard InChI is InChI=1S/C17H26N2O2/c1-14-8-6-7-12-19(14)13-11-17(18,16(20)21-2)15-9-4-3-5-10-15/h3-5,9-10,14H,6-8,11-13,18H2,1-2H3. The number of nitrogens with zero attached hydrogens (tertiary/aromatic N) is 1. The number of likely N-dealkylation sites (tertiary alicyclic amines) is 1. The van der Waals surface area contributed by atoms with E-state index in [9.17, 15) is 4.79 Å². The molecule has 2 atom stereocenters. The van der Waals surface area contributed by atoms with Gasteiger partial charge in [-0.2, -0.15) is 0 Å². The Morgan fingerprint density at radius 2 is 2.10 bits per heavy atom. The van der Waals surface area contributed by atoms with Gasteiger partial charge in [-0.05, 0) is 38.3 Å². The van der Waals surface area contributed by atoms with Crippen molar-refractivity contribution in [3.63, 3.8) is 0 Å². The van der Waals surface area contributed by atoms with Gasteiger partial charge in [-0.3, -0.25) is 0 Å². The fraction of sp³-hybridized carbons (Fsp3) is 0.588. The summed E-state index contributed by atoms with van der Waals surface area (Å²) >= 11 is 0. The molecule has 21 heavy (non-hydrogen) atoms. The molecule has 0 saturated carbocycles. The van der Waals surface area contributed by atoms with Crippen molar-refractivity contribution >= 4 is 5.97 Å². The Balaban J connectivity index is 2.12. The summed E-state index contributed by atoms with van der Waals surface area (Å²) in [7, 11) is 1.40. The lowest BCUT2D eigenvalue weighted by molar-refractivity contribution is -0.148. The number of esters is 1. The molecule has 1 aliphatic heterocycles. The first-order valence-electron chi connectivity index (χ1n) is 7.75. The van der Waals surface area contributed by atoms with Crippen LogP contribution < -0.4 is 5.73 Å². The van der Waals surface area contributed by atoms with Gasteiger partial charge in [0, 0.05) is 12.6 Å². The molecule has 2 unspecified atom stereocenters. The summed E-state index contributed by atoms with van der Waals surface area (Å²) in [5.74, 6) is -0.363. The van der Waals surface area contributed by atoms with Crippen LogP contribution in [0.4, 0.5) is 0 Å². The second-order valence-electron chi connectivity index (χ2n) is 5.96. The molecule has 4 nitrogen and oxygen atoms in total. The van der Waals surface area contributed by atoms with E-state index in [1.807, 2.05) is 30.3 Å². The van der Waals surface area contributed by atoms with Crippen LogP contribution in [0.5, 0.6) is 0 Å². The average molecular weight is 290 g/mol. The van der Waals surface area contributed by atoms with Gasteiger partial charge in [-0.25, -0.2) is 4.79 Å². The predicted octanol–water partition coefficient (Wildman–Crippen LogP) is 2.28. The van der Waals surface area contributed by atoms with Crippen LogP contribution in [0.15, 0.2) is 30.3 Å². The SMILES string of the molecule is COC(=O)C(N)(CCN1CCCCC1C)c1ccccc1. The predicted molar refractivity (Wildman–Crippen MR) is 83.8 cm³/mol. The first kappa shape index (κ1) is 16.0. The highest BCUT2D eigenvalue weighted by Gasteiger charge is 2.37. The molecule has 0 radical (unpaired) electrons. The highest BCUT2D eigenvalue weighted by atomic mass is 16.5. The normalized spacial score (nSPS) is 22.5. The Morgan fingerprint density at radius 3 is 2.71 bits per heavy atom. The van der Waals surface area contributed by atoms with E-state index < -0.39 is 5.54 Å². The summed E-state index contributed by atoms with van der Waals surface area (Å²) in [6.45, 7) is 4.16. The second-order valence-corrected chi connectivity index (χ2v) is 5.96. The summed E-state index contributed by atoms with van der Waals surface area (Å²) in [4.78, 5) is 14.7. The number of carbonyl (C=O) groups excluding carboxylic acids is 1. The molecule has 0 aromatic heterocycles. The van der Waals surface area contributed by atoms with Crippen LogP contribution in [0.2, 0.25) is 0 Å². The molecule has 0 amide bonds. The number of methoxy groups -OCH3 is 1. The average Bonchev–Trinajstić information content (AvgIpc) is 2.54. The smallest absolute Gasteiger partial charge is 0.330 e. The topological polar surface area (TPSA) is 55.6 Å². The quantitative estimate of drug-likeness (QED) is 0.845. The van der Waals surface area contributed by atoms with Crippen LogP contribution in [0, 0.1) is 0 Å². The third kappa shape index (κ3) is 3.63. The zero-order chi connectivity index (χ0) is 15.3. The van der Waals surface area contributed by atoms with Crippen LogP contribution >= 0.6 is 0 Å². The highest BCUT2D eigenvalue weighted by Crippen LogP contribution is 2.26. The fourth-order valence-corrected chi connectivity index (χ4v) is 3.09. The van der Waals surface area contributed by atoms with E-state index >= 15 is 0 Å².